The van der Waals surface area contributed by atoms with Gasteiger partial charge < -0.3 is 25.4 Å². The number of amides is 1. The number of hydrogen-bond acceptors (Lipinski definition) is 7. The van der Waals surface area contributed by atoms with Crippen molar-refractivity contribution < 1.29 is 14.3 Å². The molecule has 1 amide bonds. The van der Waals surface area contributed by atoms with Crippen molar-refractivity contribution in [3.63, 3.8) is 0 Å². The average Bonchev–Trinajstić information content (AvgIpc) is 3.22. The minimum absolute atomic E-state index is 0.136. The maximum absolute atomic E-state index is 12.7. The molecule has 0 unspecified atom stereocenters. The van der Waals surface area contributed by atoms with E-state index in [2.05, 4.69) is 24.1 Å². The lowest BCUT2D eigenvalue weighted by Gasteiger charge is -2.27. The van der Waals surface area contributed by atoms with E-state index in [1.807, 2.05) is 6.92 Å². The summed E-state index contributed by atoms with van der Waals surface area (Å²) in [5.74, 6) is 1.54. The topological polar surface area (TPSA) is 132 Å². The van der Waals surface area contributed by atoms with Gasteiger partial charge in [-0.25, -0.2) is 4.79 Å². The molecule has 1 aliphatic rings. The van der Waals surface area contributed by atoms with Crippen LogP contribution in [0.4, 0.5) is 17.2 Å². The number of carbonyl (C=O) groups is 1. The molecule has 3 rings (SSSR count). The second kappa shape index (κ2) is 10.9. The zero-order valence-corrected chi connectivity index (χ0v) is 19.5. The summed E-state index contributed by atoms with van der Waals surface area (Å²) in [4.78, 5) is 41.8. The number of nitrogens with one attached hydrogen (secondary N) is 2. The van der Waals surface area contributed by atoms with Gasteiger partial charge in [0.1, 0.15) is 11.5 Å². The molecule has 0 radical (unpaired) electrons. The van der Waals surface area contributed by atoms with Crippen molar-refractivity contribution in [1.29, 1.82) is 0 Å². The van der Waals surface area contributed by atoms with Crippen LogP contribution in [0.2, 0.25) is 0 Å². The van der Waals surface area contributed by atoms with Gasteiger partial charge in [0.25, 0.3) is 5.56 Å². The second-order valence-corrected chi connectivity index (χ2v) is 8.53. The smallest absolute Gasteiger partial charge is 0.330 e. The van der Waals surface area contributed by atoms with Gasteiger partial charge in [-0.05, 0) is 30.9 Å². The van der Waals surface area contributed by atoms with Crippen molar-refractivity contribution in [2.75, 3.05) is 35.8 Å². The molecule has 0 saturated carbocycles. The van der Waals surface area contributed by atoms with E-state index in [9.17, 15) is 14.4 Å². The van der Waals surface area contributed by atoms with E-state index in [0.29, 0.717) is 36.2 Å². The highest BCUT2D eigenvalue weighted by molar-refractivity contribution is 5.91. The SMILES string of the molecule is CCCCn1c(N)c(N(CCC(=O)Nc2ccc3c(c2)OCO3)CCC(C)C)c(=O)[nH]c1=O. The fraction of sp³-hybridized carbons (Fsp3) is 0.522. The van der Waals surface area contributed by atoms with Crippen LogP contribution in [0, 0.1) is 5.92 Å². The maximum atomic E-state index is 12.7. The lowest BCUT2D eigenvalue weighted by atomic mass is 10.1. The maximum Gasteiger partial charge on any atom is 0.330 e. The van der Waals surface area contributed by atoms with Crippen LogP contribution < -0.4 is 36.7 Å². The predicted octanol–water partition coefficient (Wildman–Crippen LogP) is 2.53. The predicted molar refractivity (Wildman–Crippen MR) is 128 cm³/mol. The van der Waals surface area contributed by atoms with Crippen molar-refractivity contribution in [2.45, 2.75) is 53.0 Å². The summed E-state index contributed by atoms with van der Waals surface area (Å²) < 4.78 is 12.0. The van der Waals surface area contributed by atoms with Crippen LogP contribution in [0.15, 0.2) is 27.8 Å². The number of H-pyrrole nitrogens is 1. The first-order valence-electron chi connectivity index (χ1n) is 11.4. The number of benzene rings is 1. The lowest BCUT2D eigenvalue weighted by Crippen LogP contribution is -2.40. The zero-order valence-electron chi connectivity index (χ0n) is 19.5. The molecule has 0 aliphatic carbocycles. The van der Waals surface area contributed by atoms with Crippen molar-refractivity contribution in [1.82, 2.24) is 9.55 Å². The Morgan fingerprint density at radius 1 is 1.24 bits per heavy atom. The van der Waals surface area contributed by atoms with Crippen molar-refractivity contribution in [3.05, 3.63) is 39.0 Å². The molecule has 2 heterocycles. The number of hydrogen-bond donors (Lipinski definition) is 3. The van der Waals surface area contributed by atoms with Gasteiger partial charge >= 0.3 is 5.69 Å². The molecular formula is C23H33N5O5. The summed E-state index contributed by atoms with van der Waals surface area (Å²) >= 11 is 0. The van der Waals surface area contributed by atoms with Gasteiger partial charge in [0.15, 0.2) is 11.5 Å². The third-order valence-corrected chi connectivity index (χ3v) is 5.51. The van der Waals surface area contributed by atoms with Crippen LogP contribution in [0.1, 0.15) is 46.5 Å². The van der Waals surface area contributed by atoms with Gasteiger partial charge in [0.05, 0.1) is 0 Å². The molecule has 0 spiro atoms. The molecule has 10 nitrogen and oxygen atoms in total. The van der Waals surface area contributed by atoms with E-state index < -0.39 is 11.2 Å². The number of fused-ring (bicyclic) bond motifs is 1. The van der Waals surface area contributed by atoms with E-state index in [4.69, 9.17) is 15.2 Å². The van der Waals surface area contributed by atoms with Gasteiger partial charge in [-0.2, -0.15) is 0 Å². The van der Waals surface area contributed by atoms with Crippen LogP contribution in [0.25, 0.3) is 0 Å². The number of rotatable bonds is 11. The monoisotopic (exact) mass is 459 g/mol. The molecule has 180 valence electrons. The number of nitrogen functional groups attached to an aromatic ring is 1. The molecule has 1 aromatic heterocycles. The summed E-state index contributed by atoms with van der Waals surface area (Å²) in [6.07, 6.45) is 2.59. The second-order valence-electron chi connectivity index (χ2n) is 8.53. The third kappa shape index (κ3) is 6.09. The quantitative estimate of drug-likeness (QED) is 0.470. The highest BCUT2D eigenvalue weighted by Gasteiger charge is 2.20. The first kappa shape index (κ1) is 24.2. The Bertz CT molecular complexity index is 1090. The standard InChI is InChI=1S/C23H33N5O5/c1-4-5-10-28-21(24)20(22(30)26-23(28)31)27(11-8-15(2)3)12-9-19(29)25-16-6-7-17-18(13-16)33-14-32-17/h6-7,13,15H,4-5,8-12,14,24H2,1-3H3,(H,25,29)(H,26,30,31). The molecule has 2 aromatic rings. The summed E-state index contributed by atoms with van der Waals surface area (Å²) in [6, 6.07) is 5.20. The summed E-state index contributed by atoms with van der Waals surface area (Å²) in [7, 11) is 0. The molecule has 0 atom stereocenters. The normalized spacial score (nSPS) is 12.2. The number of nitrogens with two attached hydrogens (primary N) is 1. The molecule has 0 saturated heterocycles. The van der Waals surface area contributed by atoms with Crippen LogP contribution in [-0.4, -0.2) is 35.3 Å². The Hall–Kier alpha value is -3.43. The number of carbonyl (C=O) groups excluding carboxylic acids is 1. The Morgan fingerprint density at radius 2 is 2.00 bits per heavy atom. The third-order valence-electron chi connectivity index (χ3n) is 5.51. The Kier molecular flexibility index (Phi) is 8.02. The Balaban J connectivity index is 1.76. The Morgan fingerprint density at radius 3 is 2.73 bits per heavy atom. The minimum atomic E-state index is -0.537. The zero-order chi connectivity index (χ0) is 24.0. The van der Waals surface area contributed by atoms with E-state index >= 15 is 0 Å². The number of aromatic nitrogens is 2. The summed E-state index contributed by atoms with van der Waals surface area (Å²) in [5.41, 5.74) is 6.08. The molecule has 1 aromatic carbocycles. The van der Waals surface area contributed by atoms with Crippen LogP contribution in [0.3, 0.4) is 0 Å². The van der Waals surface area contributed by atoms with E-state index in [1.165, 1.54) is 4.57 Å². The van der Waals surface area contributed by atoms with Crippen LogP contribution in [0.5, 0.6) is 11.5 Å². The largest absolute Gasteiger partial charge is 0.454 e. The summed E-state index contributed by atoms with van der Waals surface area (Å²) in [5, 5.41) is 2.85. The molecule has 1 aliphatic heterocycles. The van der Waals surface area contributed by atoms with E-state index in [0.717, 1.165) is 19.3 Å². The van der Waals surface area contributed by atoms with E-state index in [-0.39, 0.29) is 37.2 Å². The minimum Gasteiger partial charge on any atom is -0.454 e. The first-order valence-corrected chi connectivity index (χ1v) is 11.4. The van der Waals surface area contributed by atoms with E-state index in [1.54, 1.807) is 23.1 Å². The average molecular weight is 460 g/mol. The highest BCUT2D eigenvalue weighted by Crippen LogP contribution is 2.34. The van der Waals surface area contributed by atoms with Gasteiger partial charge in [0.2, 0.25) is 12.7 Å². The molecule has 10 heteroatoms. The fourth-order valence-corrected chi connectivity index (χ4v) is 3.60. The highest BCUT2D eigenvalue weighted by atomic mass is 16.7. The van der Waals surface area contributed by atoms with Crippen molar-refractivity contribution >= 4 is 23.1 Å². The van der Waals surface area contributed by atoms with Crippen molar-refractivity contribution in [2.24, 2.45) is 5.92 Å². The number of nitrogens with zero attached hydrogens (tertiary/aromatic N) is 2. The number of aromatic amines is 1. The van der Waals surface area contributed by atoms with Gasteiger partial charge in [-0.1, -0.05) is 27.2 Å². The van der Waals surface area contributed by atoms with Gasteiger partial charge in [0, 0.05) is 37.8 Å². The molecular weight excluding hydrogens is 426 g/mol. The fourth-order valence-electron chi connectivity index (χ4n) is 3.60. The van der Waals surface area contributed by atoms with Crippen molar-refractivity contribution in [3.8, 4) is 11.5 Å². The molecule has 33 heavy (non-hydrogen) atoms. The van der Waals surface area contributed by atoms with Crippen LogP contribution >= 0.6 is 0 Å². The molecule has 0 bridgehead atoms. The number of ether oxygens (including phenoxy) is 2. The number of unbranched alkanes of at least 4 members (excludes halogenated alkanes) is 1. The Labute approximate surface area is 192 Å². The summed E-state index contributed by atoms with van der Waals surface area (Å²) in [6.45, 7) is 7.58. The van der Waals surface area contributed by atoms with Gasteiger partial charge in [-0.3, -0.25) is 19.1 Å². The molecule has 0 fully saturated rings. The number of anilines is 3. The van der Waals surface area contributed by atoms with Gasteiger partial charge in [-0.15, -0.1) is 0 Å². The lowest BCUT2D eigenvalue weighted by molar-refractivity contribution is -0.116. The first-order chi connectivity index (χ1) is 15.8. The molecule has 4 N–H and O–H groups in total. The van der Waals surface area contributed by atoms with Crippen LogP contribution in [-0.2, 0) is 11.3 Å².